The van der Waals surface area contributed by atoms with Crippen molar-refractivity contribution in [1.82, 2.24) is 15.5 Å². The minimum absolute atomic E-state index is 0.0804. The van der Waals surface area contributed by atoms with E-state index in [-0.39, 0.29) is 5.91 Å². The van der Waals surface area contributed by atoms with Gasteiger partial charge in [0.2, 0.25) is 11.0 Å². The number of aromatic nitrogens is 2. The average molecular weight is 317 g/mol. The van der Waals surface area contributed by atoms with Crippen molar-refractivity contribution in [2.24, 2.45) is 11.8 Å². The molecule has 3 fully saturated rings. The topological polar surface area (TPSA) is 58.1 Å². The molecule has 0 spiro atoms. The van der Waals surface area contributed by atoms with E-state index in [1.54, 1.807) is 18.3 Å². The zero-order chi connectivity index (χ0) is 12.0. The number of rotatable bonds is 2. The Hall–Kier alpha value is -0.690. The molecular weight excluding hydrogens is 304 g/mol. The van der Waals surface area contributed by atoms with Crippen LogP contribution in [0.25, 0.3) is 0 Å². The number of anilines is 1. The summed E-state index contributed by atoms with van der Waals surface area (Å²) in [5.41, 5.74) is 0. The fourth-order valence-electron chi connectivity index (χ4n) is 2.84. The molecule has 1 N–H and O–H groups in total. The van der Waals surface area contributed by atoms with Gasteiger partial charge in [0, 0.05) is 26.1 Å². The largest absolute Gasteiger partial charge is 0.353 e. The summed E-state index contributed by atoms with van der Waals surface area (Å²) in [6.07, 6.45) is 1.22. The summed E-state index contributed by atoms with van der Waals surface area (Å²) in [5.74, 6) is 1.22. The summed E-state index contributed by atoms with van der Waals surface area (Å²) in [7, 11) is 0. The van der Waals surface area contributed by atoms with Crippen LogP contribution in [-0.2, 0) is 4.79 Å². The van der Waals surface area contributed by atoms with Gasteiger partial charge < -0.3 is 10.2 Å². The summed E-state index contributed by atoms with van der Waals surface area (Å²) in [5, 5.41) is 12.1. The molecule has 3 atom stereocenters. The molecule has 7 heteroatoms. The van der Waals surface area contributed by atoms with Gasteiger partial charge in [-0.15, -0.1) is 10.2 Å². The number of carbonyl (C=O) groups excluding carboxylic acids is 1. The zero-order valence-electron chi connectivity index (χ0n) is 9.39. The summed E-state index contributed by atoms with van der Waals surface area (Å²) in [6.45, 7) is 3.54. The van der Waals surface area contributed by atoms with Crippen LogP contribution in [0.3, 0.4) is 0 Å². The highest BCUT2D eigenvalue weighted by molar-refractivity contribution is 9.11. The molecule has 17 heavy (non-hydrogen) atoms. The number of amides is 1. The van der Waals surface area contributed by atoms with Gasteiger partial charge in [-0.25, -0.2) is 0 Å². The number of hydrogen-bond donors (Lipinski definition) is 1. The van der Waals surface area contributed by atoms with Gasteiger partial charge in [0.05, 0.1) is 0 Å². The molecule has 0 aromatic carbocycles. The second kappa shape index (κ2) is 4.20. The second-order valence-electron chi connectivity index (χ2n) is 4.72. The first-order valence-electron chi connectivity index (χ1n) is 5.64. The third-order valence-corrected chi connectivity index (χ3v) is 4.98. The van der Waals surface area contributed by atoms with Crippen LogP contribution in [0.4, 0.5) is 5.13 Å². The SMILES string of the molecule is CC(=O)N[C@@H]1[C@@H]2C[C@H]1CN(c1nnc(Br)s1)C2. The predicted octanol–water partition coefficient (Wildman–Crippen LogP) is 1.26. The van der Waals surface area contributed by atoms with E-state index in [0.717, 1.165) is 22.1 Å². The smallest absolute Gasteiger partial charge is 0.217 e. The maximum absolute atomic E-state index is 11.1. The van der Waals surface area contributed by atoms with Gasteiger partial charge in [-0.2, -0.15) is 0 Å². The van der Waals surface area contributed by atoms with Crippen molar-refractivity contribution in [2.75, 3.05) is 18.0 Å². The van der Waals surface area contributed by atoms with E-state index in [1.807, 2.05) is 0 Å². The molecule has 1 saturated carbocycles. The molecule has 0 radical (unpaired) electrons. The summed E-state index contributed by atoms with van der Waals surface area (Å²) in [4.78, 5) is 13.4. The van der Waals surface area contributed by atoms with Crippen LogP contribution < -0.4 is 10.2 Å². The van der Waals surface area contributed by atoms with Crippen LogP contribution in [0.1, 0.15) is 13.3 Å². The zero-order valence-corrected chi connectivity index (χ0v) is 11.8. The monoisotopic (exact) mass is 316 g/mol. The van der Waals surface area contributed by atoms with E-state index in [0.29, 0.717) is 17.9 Å². The van der Waals surface area contributed by atoms with Crippen LogP contribution in [0.2, 0.25) is 0 Å². The molecule has 1 aromatic rings. The third kappa shape index (κ3) is 2.06. The van der Waals surface area contributed by atoms with Gasteiger partial charge in [0.15, 0.2) is 3.92 Å². The Labute approximate surface area is 112 Å². The molecular formula is C10H13BrN4OS. The van der Waals surface area contributed by atoms with Crippen molar-refractivity contribution < 1.29 is 4.79 Å². The highest BCUT2D eigenvalue weighted by atomic mass is 79.9. The molecule has 1 amide bonds. The number of piperidine rings is 2. The molecule has 1 aliphatic carbocycles. The molecule has 92 valence electrons. The van der Waals surface area contributed by atoms with Crippen LogP contribution in [-0.4, -0.2) is 35.2 Å². The minimum atomic E-state index is 0.0804. The Balaban J connectivity index is 1.66. The van der Waals surface area contributed by atoms with Crippen molar-refractivity contribution in [3.05, 3.63) is 3.92 Å². The first-order chi connectivity index (χ1) is 8.13. The van der Waals surface area contributed by atoms with Crippen molar-refractivity contribution >= 4 is 38.3 Å². The third-order valence-electron chi connectivity index (χ3n) is 3.56. The number of fused-ring (bicyclic) bond motifs is 2. The Kier molecular flexibility index (Phi) is 2.82. The number of carbonyl (C=O) groups is 1. The van der Waals surface area contributed by atoms with Crippen LogP contribution >= 0.6 is 27.3 Å². The summed E-state index contributed by atoms with van der Waals surface area (Å²) >= 11 is 4.90. The van der Waals surface area contributed by atoms with Crippen LogP contribution in [0.5, 0.6) is 0 Å². The second-order valence-corrected chi connectivity index (χ2v) is 6.96. The standard InChI is InChI=1S/C10H13BrN4OS/c1-5(16)12-8-6-2-7(8)4-15(3-6)10-14-13-9(11)17-10/h6-8H,2-4H2,1H3,(H,12,16)/t6-,7+,8-. The maximum Gasteiger partial charge on any atom is 0.217 e. The summed E-state index contributed by atoms with van der Waals surface area (Å²) < 4.78 is 0.824. The van der Waals surface area contributed by atoms with Gasteiger partial charge in [0.25, 0.3) is 0 Å². The van der Waals surface area contributed by atoms with E-state index in [4.69, 9.17) is 0 Å². The number of hydrogen-bond acceptors (Lipinski definition) is 5. The molecule has 2 aliphatic heterocycles. The molecule has 1 aromatic heterocycles. The number of nitrogens with one attached hydrogen (secondary N) is 1. The van der Waals surface area contributed by atoms with E-state index in [9.17, 15) is 4.79 Å². The van der Waals surface area contributed by atoms with Crippen molar-refractivity contribution in [3.8, 4) is 0 Å². The lowest BCUT2D eigenvalue weighted by molar-refractivity contribution is -0.122. The van der Waals surface area contributed by atoms with Gasteiger partial charge in [-0.1, -0.05) is 11.3 Å². The van der Waals surface area contributed by atoms with Crippen molar-refractivity contribution in [2.45, 2.75) is 19.4 Å². The van der Waals surface area contributed by atoms with E-state index in [2.05, 4.69) is 36.3 Å². The van der Waals surface area contributed by atoms with Gasteiger partial charge in [-0.3, -0.25) is 4.79 Å². The number of halogens is 1. The molecule has 0 unspecified atom stereocenters. The fraction of sp³-hybridized carbons (Fsp3) is 0.700. The maximum atomic E-state index is 11.1. The first-order valence-corrected chi connectivity index (χ1v) is 7.25. The van der Waals surface area contributed by atoms with E-state index in [1.165, 1.54) is 6.42 Å². The Bertz CT molecular complexity index is 439. The first kappa shape index (κ1) is 11.4. The Morgan fingerprint density at radius 1 is 1.47 bits per heavy atom. The average Bonchev–Trinajstić information content (AvgIpc) is 2.73. The predicted molar refractivity (Wildman–Crippen MR) is 69.0 cm³/mol. The quantitative estimate of drug-likeness (QED) is 0.892. The Morgan fingerprint density at radius 3 is 2.71 bits per heavy atom. The van der Waals surface area contributed by atoms with Gasteiger partial charge in [-0.05, 0) is 34.2 Å². The molecule has 2 saturated heterocycles. The molecule has 2 bridgehead atoms. The van der Waals surface area contributed by atoms with Crippen molar-refractivity contribution in [3.63, 3.8) is 0 Å². The highest BCUT2D eigenvalue weighted by Crippen LogP contribution is 2.42. The van der Waals surface area contributed by atoms with Crippen LogP contribution in [0.15, 0.2) is 3.92 Å². The lowest BCUT2D eigenvalue weighted by Crippen LogP contribution is -2.64. The Morgan fingerprint density at radius 2 is 2.18 bits per heavy atom. The fourth-order valence-corrected chi connectivity index (χ4v) is 3.95. The van der Waals surface area contributed by atoms with E-state index >= 15 is 0 Å². The highest BCUT2D eigenvalue weighted by Gasteiger charge is 2.47. The lowest BCUT2D eigenvalue weighted by atomic mass is 9.66. The molecule has 3 heterocycles. The van der Waals surface area contributed by atoms with Gasteiger partial charge >= 0.3 is 0 Å². The molecule has 5 nitrogen and oxygen atoms in total. The van der Waals surface area contributed by atoms with E-state index < -0.39 is 0 Å². The summed E-state index contributed by atoms with van der Waals surface area (Å²) in [6, 6.07) is 0.375. The van der Waals surface area contributed by atoms with Crippen LogP contribution in [0, 0.1) is 11.8 Å². The molecule has 4 rings (SSSR count). The van der Waals surface area contributed by atoms with Gasteiger partial charge in [0.1, 0.15) is 0 Å². The normalized spacial score (nSPS) is 30.9. The number of nitrogens with zero attached hydrogens (tertiary/aromatic N) is 3. The minimum Gasteiger partial charge on any atom is -0.353 e. The van der Waals surface area contributed by atoms with Crippen molar-refractivity contribution in [1.29, 1.82) is 0 Å². The molecule has 3 aliphatic rings. The lowest BCUT2D eigenvalue weighted by Gasteiger charge is -2.53.